The van der Waals surface area contributed by atoms with Crippen LogP contribution >= 0.6 is 0 Å². The zero-order valence-electron chi connectivity index (χ0n) is 12.3. The van der Waals surface area contributed by atoms with Gasteiger partial charge in [-0.2, -0.15) is 0 Å². The van der Waals surface area contributed by atoms with Gasteiger partial charge < -0.3 is 10.1 Å². The maximum atomic E-state index is 10.7. The molecule has 0 heterocycles. The molecule has 0 saturated heterocycles. The van der Waals surface area contributed by atoms with Crippen molar-refractivity contribution in [1.29, 1.82) is 0 Å². The maximum Gasteiger partial charge on any atom is 0.269 e. The van der Waals surface area contributed by atoms with Gasteiger partial charge in [0.05, 0.1) is 4.92 Å². The summed E-state index contributed by atoms with van der Waals surface area (Å²) in [5.74, 6) is 1.33. The third kappa shape index (κ3) is 3.58. The zero-order valence-corrected chi connectivity index (χ0v) is 12.3. The van der Waals surface area contributed by atoms with Crippen molar-refractivity contribution in [3.8, 4) is 11.5 Å². The van der Waals surface area contributed by atoms with E-state index in [4.69, 9.17) is 4.74 Å². The molecule has 0 aliphatic heterocycles. The minimum absolute atomic E-state index is 0.0676. The van der Waals surface area contributed by atoms with E-state index in [0.717, 1.165) is 5.56 Å². The maximum absolute atomic E-state index is 10.7. The van der Waals surface area contributed by atoms with Crippen LogP contribution in [0.3, 0.4) is 0 Å². The second-order valence-corrected chi connectivity index (χ2v) is 4.89. The van der Waals surface area contributed by atoms with Gasteiger partial charge >= 0.3 is 0 Å². The zero-order chi connectivity index (χ0) is 15.4. The lowest BCUT2D eigenvalue weighted by Crippen LogP contribution is -2.11. The number of benzene rings is 2. The van der Waals surface area contributed by atoms with E-state index in [1.165, 1.54) is 17.7 Å². The highest BCUT2D eigenvalue weighted by Gasteiger charge is 2.10. The SMILES string of the molecule is CNC(C)c1ccc(Oc2ccc([N+](=O)[O-])cc2C)cc1. The van der Waals surface area contributed by atoms with Crippen LogP contribution in [0, 0.1) is 17.0 Å². The van der Waals surface area contributed by atoms with Crippen LogP contribution in [0.1, 0.15) is 24.1 Å². The minimum Gasteiger partial charge on any atom is -0.457 e. The third-order valence-electron chi connectivity index (χ3n) is 3.41. The summed E-state index contributed by atoms with van der Waals surface area (Å²) in [4.78, 5) is 10.3. The normalized spacial score (nSPS) is 12.0. The molecule has 21 heavy (non-hydrogen) atoms. The van der Waals surface area contributed by atoms with Crippen molar-refractivity contribution in [2.24, 2.45) is 0 Å². The quantitative estimate of drug-likeness (QED) is 0.667. The van der Waals surface area contributed by atoms with Gasteiger partial charge in [-0.15, -0.1) is 0 Å². The molecule has 0 aromatic heterocycles. The first-order valence-corrected chi connectivity index (χ1v) is 6.71. The van der Waals surface area contributed by atoms with E-state index in [2.05, 4.69) is 12.2 Å². The second kappa shape index (κ2) is 6.37. The first kappa shape index (κ1) is 15.0. The third-order valence-corrected chi connectivity index (χ3v) is 3.41. The number of aryl methyl sites for hydroxylation is 1. The topological polar surface area (TPSA) is 64.4 Å². The molecule has 0 saturated carbocycles. The van der Waals surface area contributed by atoms with Gasteiger partial charge in [0.2, 0.25) is 0 Å². The molecule has 2 rings (SSSR count). The Kier molecular flexibility index (Phi) is 4.55. The van der Waals surface area contributed by atoms with Crippen LogP contribution in [0.15, 0.2) is 42.5 Å². The van der Waals surface area contributed by atoms with E-state index < -0.39 is 4.92 Å². The lowest BCUT2D eigenvalue weighted by atomic mass is 10.1. The summed E-state index contributed by atoms with van der Waals surface area (Å²) in [5, 5.41) is 13.9. The number of hydrogen-bond acceptors (Lipinski definition) is 4. The molecule has 110 valence electrons. The lowest BCUT2D eigenvalue weighted by Gasteiger charge is -2.12. The highest BCUT2D eigenvalue weighted by atomic mass is 16.6. The van der Waals surface area contributed by atoms with Crippen molar-refractivity contribution < 1.29 is 9.66 Å². The Morgan fingerprint density at radius 2 is 1.86 bits per heavy atom. The Balaban J connectivity index is 2.16. The van der Waals surface area contributed by atoms with Crippen LogP contribution in [-0.4, -0.2) is 12.0 Å². The monoisotopic (exact) mass is 286 g/mol. The minimum atomic E-state index is -0.412. The summed E-state index contributed by atoms with van der Waals surface area (Å²) in [6, 6.07) is 12.6. The number of hydrogen-bond donors (Lipinski definition) is 1. The van der Waals surface area contributed by atoms with Crippen molar-refractivity contribution in [2.45, 2.75) is 19.9 Å². The number of nitrogens with zero attached hydrogens (tertiary/aromatic N) is 1. The number of non-ortho nitro benzene ring substituents is 1. The first-order chi connectivity index (χ1) is 10.0. The molecule has 0 aliphatic rings. The second-order valence-electron chi connectivity index (χ2n) is 4.89. The fraction of sp³-hybridized carbons (Fsp3) is 0.250. The van der Waals surface area contributed by atoms with Crippen LogP contribution in [0.25, 0.3) is 0 Å². The number of nitrogens with one attached hydrogen (secondary N) is 1. The van der Waals surface area contributed by atoms with Gasteiger partial charge in [-0.25, -0.2) is 0 Å². The van der Waals surface area contributed by atoms with Gasteiger partial charge in [-0.1, -0.05) is 12.1 Å². The van der Waals surface area contributed by atoms with Crippen LogP contribution < -0.4 is 10.1 Å². The summed E-state index contributed by atoms with van der Waals surface area (Å²) in [7, 11) is 1.91. The Hall–Kier alpha value is -2.40. The van der Waals surface area contributed by atoms with Gasteiger partial charge in [-0.05, 0) is 50.2 Å². The van der Waals surface area contributed by atoms with Crippen molar-refractivity contribution in [3.63, 3.8) is 0 Å². The standard InChI is InChI=1S/C16H18N2O3/c1-11-10-14(18(19)20)6-9-16(11)21-15-7-4-13(5-8-15)12(2)17-3/h4-10,12,17H,1-3H3. The number of nitro groups is 1. The van der Waals surface area contributed by atoms with Gasteiger partial charge in [0.15, 0.2) is 0 Å². The number of ether oxygens (including phenoxy) is 1. The van der Waals surface area contributed by atoms with Gasteiger partial charge in [0.25, 0.3) is 5.69 Å². The molecule has 0 radical (unpaired) electrons. The van der Waals surface area contributed by atoms with E-state index in [-0.39, 0.29) is 11.7 Å². The Morgan fingerprint density at radius 1 is 1.19 bits per heavy atom. The summed E-state index contributed by atoms with van der Waals surface area (Å²) in [6.07, 6.45) is 0. The van der Waals surface area contributed by atoms with Crippen LogP contribution in [0.5, 0.6) is 11.5 Å². The molecule has 0 spiro atoms. The molecule has 1 unspecified atom stereocenters. The summed E-state index contributed by atoms with van der Waals surface area (Å²) in [5.41, 5.74) is 1.97. The molecular weight excluding hydrogens is 268 g/mol. The summed E-state index contributed by atoms with van der Waals surface area (Å²) >= 11 is 0. The largest absolute Gasteiger partial charge is 0.457 e. The number of rotatable bonds is 5. The molecule has 0 amide bonds. The van der Waals surface area contributed by atoms with E-state index in [1.807, 2.05) is 31.3 Å². The van der Waals surface area contributed by atoms with Crippen molar-refractivity contribution in [1.82, 2.24) is 5.32 Å². The van der Waals surface area contributed by atoms with Crippen molar-refractivity contribution in [3.05, 3.63) is 63.7 Å². The highest BCUT2D eigenvalue weighted by Crippen LogP contribution is 2.28. The van der Waals surface area contributed by atoms with E-state index in [0.29, 0.717) is 11.5 Å². The van der Waals surface area contributed by atoms with E-state index in [1.54, 1.807) is 13.0 Å². The Bertz CT molecular complexity index is 638. The molecule has 1 atom stereocenters. The van der Waals surface area contributed by atoms with E-state index >= 15 is 0 Å². The average molecular weight is 286 g/mol. The Morgan fingerprint density at radius 3 is 2.38 bits per heavy atom. The molecular formula is C16H18N2O3. The fourth-order valence-electron chi connectivity index (χ4n) is 1.98. The summed E-state index contributed by atoms with van der Waals surface area (Å²) in [6.45, 7) is 3.87. The molecule has 0 aliphatic carbocycles. The average Bonchev–Trinajstić information content (AvgIpc) is 2.49. The van der Waals surface area contributed by atoms with Crippen LogP contribution in [0.2, 0.25) is 0 Å². The number of nitro benzene ring substituents is 1. The molecule has 1 N–H and O–H groups in total. The predicted octanol–water partition coefficient (Wildman–Crippen LogP) is 3.98. The molecule has 0 fully saturated rings. The predicted molar refractivity (Wildman–Crippen MR) is 81.8 cm³/mol. The highest BCUT2D eigenvalue weighted by molar-refractivity contribution is 5.45. The van der Waals surface area contributed by atoms with Gasteiger partial charge in [-0.3, -0.25) is 10.1 Å². The fourth-order valence-corrected chi connectivity index (χ4v) is 1.98. The van der Waals surface area contributed by atoms with Gasteiger partial charge in [0.1, 0.15) is 11.5 Å². The molecule has 0 bridgehead atoms. The lowest BCUT2D eigenvalue weighted by molar-refractivity contribution is -0.384. The summed E-state index contributed by atoms with van der Waals surface area (Å²) < 4.78 is 5.77. The van der Waals surface area contributed by atoms with Crippen molar-refractivity contribution in [2.75, 3.05) is 7.05 Å². The molecule has 2 aromatic rings. The van der Waals surface area contributed by atoms with E-state index in [9.17, 15) is 10.1 Å². The van der Waals surface area contributed by atoms with Crippen LogP contribution in [-0.2, 0) is 0 Å². The van der Waals surface area contributed by atoms with Crippen molar-refractivity contribution >= 4 is 5.69 Å². The van der Waals surface area contributed by atoms with Gasteiger partial charge in [0, 0.05) is 18.2 Å². The first-order valence-electron chi connectivity index (χ1n) is 6.71. The van der Waals surface area contributed by atoms with Crippen LogP contribution in [0.4, 0.5) is 5.69 Å². The smallest absolute Gasteiger partial charge is 0.269 e. The molecule has 5 heteroatoms. The Labute approximate surface area is 123 Å². The molecule has 5 nitrogen and oxygen atoms in total. The molecule has 2 aromatic carbocycles.